The smallest absolute Gasteiger partial charge is 0.227 e. The Labute approximate surface area is 115 Å². The number of benzene rings is 1. The third-order valence-electron chi connectivity index (χ3n) is 3.98. The third-order valence-corrected chi connectivity index (χ3v) is 3.98. The average molecular weight is 260 g/mol. The molecule has 0 spiro atoms. The summed E-state index contributed by atoms with van der Waals surface area (Å²) in [4.78, 5) is 14.5. The van der Waals surface area contributed by atoms with Crippen molar-refractivity contribution < 1.29 is 4.79 Å². The van der Waals surface area contributed by atoms with Gasteiger partial charge in [0.25, 0.3) is 0 Å². The molecule has 1 aromatic rings. The highest BCUT2D eigenvalue weighted by Gasteiger charge is 2.30. The van der Waals surface area contributed by atoms with E-state index in [2.05, 4.69) is 0 Å². The molecule has 2 atom stereocenters. The van der Waals surface area contributed by atoms with Crippen LogP contribution in [0.5, 0.6) is 0 Å². The molecule has 19 heavy (non-hydrogen) atoms. The summed E-state index contributed by atoms with van der Waals surface area (Å²) >= 11 is 0. The number of carbonyl (C=O) groups excluding carboxylic acids is 1. The fraction of sp³-hybridized carbons (Fsp3) is 0.562. The van der Waals surface area contributed by atoms with Crippen molar-refractivity contribution in [3.8, 4) is 0 Å². The van der Waals surface area contributed by atoms with E-state index < -0.39 is 0 Å². The quantitative estimate of drug-likeness (QED) is 0.854. The van der Waals surface area contributed by atoms with Crippen molar-refractivity contribution in [1.29, 1.82) is 0 Å². The predicted molar refractivity (Wildman–Crippen MR) is 77.5 cm³/mol. The lowest BCUT2D eigenvalue weighted by Crippen LogP contribution is -2.40. The molecule has 1 aliphatic carbocycles. The first kappa shape index (κ1) is 14.1. The lowest BCUT2D eigenvalue weighted by molar-refractivity contribution is -0.135. The normalized spacial score (nSPS) is 17.8. The molecule has 1 saturated carbocycles. The second-order valence-corrected chi connectivity index (χ2v) is 5.55. The van der Waals surface area contributed by atoms with Crippen molar-refractivity contribution in [2.75, 3.05) is 13.1 Å². The molecule has 0 aromatic heterocycles. The maximum absolute atomic E-state index is 12.5. The zero-order valence-corrected chi connectivity index (χ0v) is 11.9. The van der Waals surface area contributed by atoms with Crippen LogP contribution in [-0.2, 0) is 4.79 Å². The van der Waals surface area contributed by atoms with Gasteiger partial charge in [-0.15, -0.1) is 0 Å². The summed E-state index contributed by atoms with van der Waals surface area (Å²) in [7, 11) is 0. The van der Waals surface area contributed by atoms with Crippen LogP contribution in [-0.4, -0.2) is 23.9 Å². The van der Waals surface area contributed by atoms with Gasteiger partial charge >= 0.3 is 0 Å². The van der Waals surface area contributed by atoms with Crippen LogP contribution in [0, 0.1) is 11.8 Å². The number of carbonyl (C=O) groups is 1. The molecule has 2 rings (SSSR count). The number of hydrogen-bond acceptors (Lipinski definition) is 2. The first-order valence-corrected chi connectivity index (χ1v) is 7.22. The van der Waals surface area contributed by atoms with Crippen molar-refractivity contribution in [3.05, 3.63) is 35.9 Å². The molecule has 0 bridgehead atoms. The molecule has 2 N–H and O–H groups in total. The number of nitrogens with two attached hydrogens (primary N) is 1. The number of rotatable bonds is 6. The van der Waals surface area contributed by atoms with Gasteiger partial charge in [-0.25, -0.2) is 0 Å². The molecule has 0 aliphatic heterocycles. The molecular formula is C16H24N2O. The van der Waals surface area contributed by atoms with Gasteiger partial charge in [-0.05, 0) is 31.2 Å². The lowest BCUT2D eigenvalue weighted by Gasteiger charge is -2.27. The van der Waals surface area contributed by atoms with Gasteiger partial charge in [-0.1, -0.05) is 37.3 Å². The maximum Gasteiger partial charge on any atom is 0.227 e. The summed E-state index contributed by atoms with van der Waals surface area (Å²) < 4.78 is 0. The molecule has 2 unspecified atom stereocenters. The first-order chi connectivity index (χ1) is 9.13. The summed E-state index contributed by atoms with van der Waals surface area (Å²) in [6.45, 7) is 5.67. The molecule has 1 aromatic carbocycles. The Morgan fingerprint density at radius 3 is 2.53 bits per heavy atom. The van der Waals surface area contributed by atoms with Gasteiger partial charge in [0, 0.05) is 19.1 Å². The molecule has 3 nitrogen and oxygen atoms in total. The van der Waals surface area contributed by atoms with Crippen molar-refractivity contribution >= 4 is 5.91 Å². The third kappa shape index (κ3) is 3.57. The Morgan fingerprint density at radius 2 is 2.00 bits per heavy atom. The Morgan fingerprint density at radius 1 is 1.37 bits per heavy atom. The molecule has 0 saturated heterocycles. The molecule has 104 valence electrons. The Bertz CT molecular complexity index is 414. The highest BCUT2D eigenvalue weighted by molar-refractivity contribution is 5.79. The SMILES string of the molecule is CCN(CC1CC1)C(=O)C(C)C(N)c1ccccc1. The lowest BCUT2D eigenvalue weighted by atomic mass is 9.94. The predicted octanol–water partition coefficient (Wildman–Crippen LogP) is 2.58. The van der Waals surface area contributed by atoms with Crippen LogP contribution in [0.15, 0.2) is 30.3 Å². The minimum Gasteiger partial charge on any atom is -0.342 e. The standard InChI is InChI=1S/C16H24N2O/c1-3-18(11-13-9-10-13)16(19)12(2)15(17)14-7-5-4-6-8-14/h4-8,12-13,15H,3,9-11,17H2,1-2H3. The van der Waals surface area contributed by atoms with E-state index in [1.54, 1.807) is 0 Å². The second-order valence-electron chi connectivity index (χ2n) is 5.55. The highest BCUT2D eigenvalue weighted by Crippen LogP contribution is 2.30. The van der Waals surface area contributed by atoms with E-state index in [0.29, 0.717) is 0 Å². The van der Waals surface area contributed by atoms with Crippen LogP contribution < -0.4 is 5.73 Å². The van der Waals surface area contributed by atoms with Crippen molar-refractivity contribution in [3.63, 3.8) is 0 Å². The van der Waals surface area contributed by atoms with Gasteiger partial charge in [-0.2, -0.15) is 0 Å². The largest absolute Gasteiger partial charge is 0.342 e. The fourth-order valence-corrected chi connectivity index (χ4v) is 2.39. The highest BCUT2D eigenvalue weighted by atomic mass is 16.2. The van der Waals surface area contributed by atoms with Gasteiger partial charge in [0.2, 0.25) is 5.91 Å². The first-order valence-electron chi connectivity index (χ1n) is 7.22. The Kier molecular flexibility index (Phi) is 4.59. The van der Waals surface area contributed by atoms with Gasteiger partial charge in [0.05, 0.1) is 5.92 Å². The number of amides is 1. The van der Waals surface area contributed by atoms with E-state index >= 15 is 0 Å². The average Bonchev–Trinajstić information content (AvgIpc) is 3.27. The van der Waals surface area contributed by atoms with Crippen LogP contribution in [0.1, 0.15) is 38.3 Å². The maximum atomic E-state index is 12.5. The van der Waals surface area contributed by atoms with Crippen LogP contribution in [0.4, 0.5) is 0 Å². The van der Waals surface area contributed by atoms with E-state index in [1.807, 2.05) is 49.1 Å². The molecule has 3 heteroatoms. The zero-order valence-electron chi connectivity index (χ0n) is 11.9. The summed E-state index contributed by atoms with van der Waals surface area (Å²) in [5.41, 5.74) is 7.26. The van der Waals surface area contributed by atoms with Crippen LogP contribution >= 0.6 is 0 Å². The second kappa shape index (κ2) is 6.20. The van der Waals surface area contributed by atoms with E-state index in [9.17, 15) is 4.79 Å². The molecule has 1 aliphatic rings. The summed E-state index contributed by atoms with van der Waals surface area (Å²) in [5, 5.41) is 0. The summed E-state index contributed by atoms with van der Waals surface area (Å²) in [6.07, 6.45) is 2.53. The van der Waals surface area contributed by atoms with E-state index in [4.69, 9.17) is 5.73 Å². The minimum absolute atomic E-state index is 0.166. The topological polar surface area (TPSA) is 46.3 Å². The summed E-state index contributed by atoms with van der Waals surface area (Å²) in [6, 6.07) is 9.66. The van der Waals surface area contributed by atoms with Gasteiger partial charge in [0.1, 0.15) is 0 Å². The minimum atomic E-state index is -0.220. The fourth-order valence-electron chi connectivity index (χ4n) is 2.39. The summed E-state index contributed by atoms with van der Waals surface area (Å²) in [5.74, 6) is 0.746. The van der Waals surface area contributed by atoms with E-state index in [-0.39, 0.29) is 17.9 Å². The number of hydrogen-bond donors (Lipinski definition) is 1. The van der Waals surface area contributed by atoms with Crippen LogP contribution in [0.3, 0.4) is 0 Å². The number of nitrogens with zero attached hydrogens (tertiary/aromatic N) is 1. The molecular weight excluding hydrogens is 236 g/mol. The van der Waals surface area contributed by atoms with E-state index in [0.717, 1.165) is 24.6 Å². The van der Waals surface area contributed by atoms with Crippen LogP contribution in [0.2, 0.25) is 0 Å². The Hall–Kier alpha value is -1.35. The zero-order chi connectivity index (χ0) is 13.8. The van der Waals surface area contributed by atoms with Crippen molar-refractivity contribution in [2.24, 2.45) is 17.6 Å². The monoisotopic (exact) mass is 260 g/mol. The van der Waals surface area contributed by atoms with Gasteiger partial charge in [-0.3, -0.25) is 4.79 Å². The Balaban J connectivity index is 2.00. The van der Waals surface area contributed by atoms with Crippen molar-refractivity contribution in [1.82, 2.24) is 4.90 Å². The molecule has 0 radical (unpaired) electrons. The van der Waals surface area contributed by atoms with Gasteiger partial charge < -0.3 is 10.6 Å². The molecule has 1 fully saturated rings. The van der Waals surface area contributed by atoms with E-state index in [1.165, 1.54) is 12.8 Å². The van der Waals surface area contributed by atoms with Crippen molar-refractivity contribution in [2.45, 2.75) is 32.7 Å². The van der Waals surface area contributed by atoms with Crippen LogP contribution in [0.25, 0.3) is 0 Å². The molecule has 0 heterocycles. The molecule has 1 amide bonds. The van der Waals surface area contributed by atoms with Gasteiger partial charge in [0.15, 0.2) is 0 Å².